The average molecular weight is 1790 g/mol. The maximum Gasteiger partial charge on any atom is 0.407 e. The summed E-state index contributed by atoms with van der Waals surface area (Å²) in [7, 11) is 9.86. The summed E-state index contributed by atoms with van der Waals surface area (Å²) < 4.78 is 60.3. The second-order valence-corrected chi connectivity index (χ2v) is 33.9. The third-order valence-corrected chi connectivity index (χ3v) is 19.7. The normalized spacial score (nSPS) is 13.2. The van der Waals surface area contributed by atoms with Crippen LogP contribution in [0.2, 0.25) is 0 Å². The summed E-state index contributed by atoms with van der Waals surface area (Å²) in [5.41, 5.74) is 17.0. The van der Waals surface area contributed by atoms with Crippen molar-refractivity contribution in [2.24, 2.45) is 52.0 Å². The fourth-order valence-electron chi connectivity index (χ4n) is 12.7. The fraction of sp³-hybridized carbons (Fsp3) is 0.568. The Balaban J connectivity index is 0.000000594. The smallest absolute Gasteiger partial charge is 0.407 e. The molecular weight excluding hydrogens is 1640 g/mol. The summed E-state index contributed by atoms with van der Waals surface area (Å²) in [6.07, 6.45) is 3.76. The molecule has 0 heterocycles. The van der Waals surface area contributed by atoms with Gasteiger partial charge in [-0.3, -0.25) is 0 Å². The van der Waals surface area contributed by atoms with Crippen LogP contribution in [0.25, 0.3) is 0 Å². The molecule has 9 atom stereocenters. The molecule has 0 saturated carbocycles. The lowest BCUT2D eigenvalue weighted by molar-refractivity contribution is 0.0388. The van der Waals surface area contributed by atoms with Crippen molar-refractivity contribution in [3.63, 3.8) is 0 Å². The van der Waals surface area contributed by atoms with E-state index in [9.17, 15) is 39.3 Å². The number of aliphatic imine (C=N–C) groups is 1. The van der Waals surface area contributed by atoms with Crippen molar-refractivity contribution in [1.82, 2.24) is 31.9 Å². The first-order chi connectivity index (χ1) is 59.6. The van der Waals surface area contributed by atoms with E-state index in [0.717, 1.165) is 65.5 Å². The average Bonchev–Trinajstić information content (AvgIpc) is 0.853. The minimum atomic E-state index is -1.05. The Kier molecular flexibility index (Phi) is 57.8. The zero-order chi connectivity index (χ0) is 93.1. The van der Waals surface area contributed by atoms with Crippen molar-refractivity contribution in [3.05, 3.63) is 179 Å². The molecule has 700 valence electrons. The number of hydrogen-bond acceptors (Lipinski definition) is 22. The maximum atomic E-state index is 12.8. The highest BCUT2D eigenvalue weighted by molar-refractivity contribution is 6.40. The predicted octanol–water partition coefficient (Wildman–Crippen LogP) is 15.0. The number of nitrogens with one attached hydrogen (secondary N) is 6. The molecule has 0 fully saturated rings. The lowest BCUT2D eigenvalue weighted by Crippen LogP contribution is -2.51. The quantitative estimate of drug-likeness (QED) is 0.00731. The predicted molar refractivity (Wildman–Crippen MR) is 494 cm³/mol. The molecule has 13 N–H and O–H groups in total. The van der Waals surface area contributed by atoms with E-state index in [4.69, 9.17) is 86.8 Å². The van der Waals surface area contributed by atoms with E-state index in [1.54, 1.807) is 84.2 Å². The number of carbonyl (C=O) groups excluding carboxylic acids is 5. The number of nitrogens with zero attached hydrogens (tertiary/aromatic N) is 1. The number of amides is 6. The molecule has 0 aliphatic heterocycles. The Morgan fingerprint density at radius 2 is 0.752 bits per heavy atom. The summed E-state index contributed by atoms with van der Waals surface area (Å²) in [6.45, 7) is 28.3. The van der Waals surface area contributed by atoms with Gasteiger partial charge in [0.25, 0.3) is 0 Å². The van der Waals surface area contributed by atoms with Gasteiger partial charge in [0.2, 0.25) is 6.08 Å². The molecule has 30 heteroatoms. The van der Waals surface area contributed by atoms with Gasteiger partial charge in [0.15, 0.2) is 34.5 Å². The van der Waals surface area contributed by atoms with Crippen LogP contribution in [-0.4, -0.2) is 201 Å². The van der Waals surface area contributed by atoms with Crippen LogP contribution in [-0.2, 0) is 67.4 Å². The van der Waals surface area contributed by atoms with Gasteiger partial charge in [0.05, 0.1) is 83.4 Å². The van der Waals surface area contributed by atoms with Gasteiger partial charge in [-0.05, 0) is 185 Å². The SMILES string of the molecule is COCCCOc1cc(C[C@@H](C[C@H](N)[C@@H](O)CNC(=O)NCc2ccccc2)C(C)C)ccc1OC.COCCCOc1cc(C[C@@H](C[C@H](NC(=O)OC(C)(C)C)[C@@H](O)CN)C(C)C)ccc1OC.COCCCOc1cc(C[C@@H](C[C@H](NC(=O)OC(C)(C)C)[C@@H](O)CNC(=O)NCc2ccccc2)C(C)C)ccc1OC.ClCCl.O=C=NCc1ccccc1. The third-order valence-electron chi connectivity index (χ3n) is 19.7. The van der Waals surface area contributed by atoms with Gasteiger partial charge in [-0.2, -0.15) is 0 Å². The molecule has 0 aromatic heterocycles. The van der Waals surface area contributed by atoms with Gasteiger partial charge in [0, 0.05) is 99.2 Å². The zero-order valence-corrected chi connectivity index (χ0v) is 78.6. The topological polar surface area (TPSA) is 384 Å². The van der Waals surface area contributed by atoms with Gasteiger partial charge < -0.3 is 111 Å². The van der Waals surface area contributed by atoms with Crippen molar-refractivity contribution >= 4 is 53.5 Å². The van der Waals surface area contributed by atoms with E-state index in [2.05, 4.69) is 78.4 Å². The second-order valence-electron chi connectivity index (χ2n) is 33.1. The fourth-order valence-corrected chi connectivity index (χ4v) is 12.7. The van der Waals surface area contributed by atoms with E-state index in [1.165, 1.54) is 6.08 Å². The number of methoxy groups -OCH3 is 6. The van der Waals surface area contributed by atoms with Crippen LogP contribution in [0, 0.1) is 35.5 Å². The van der Waals surface area contributed by atoms with Gasteiger partial charge in [-0.15, -0.1) is 23.2 Å². The molecule has 0 saturated heterocycles. The van der Waals surface area contributed by atoms with E-state index in [0.29, 0.717) is 131 Å². The second kappa shape index (κ2) is 64.6. The Morgan fingerprint density at radius 1 is 0.432 bits per heavy atom. The minimum Gasteiger partial charge on any atom is -0.493 e. The number of benzene rings is 6. The van der Waals surface area contributed by atoms with Gasteiger partial charge >= 0.3 is 24.2 Å². The van der Waals surface area contributed by atoms with Crippen LogP contribution in [0.3, 0.4) is 0 Å². The molecule has 0 aliphatic rings. The number of hydrogen-bond donors (Lipinski definition) is 11. The first kappa shape index (κ1) is 112. The lowest BCUT2D eigenvalue weighted by Gasteiger charge is -2.31. The standard InChI is InChI=1S/C33H51N3O7.C28H43N3O5.C25H44N2O6.C8H7NO.CH2Cl2/c1-23(2)26(18-25-14-15-29(41-7)30(19-25)42-17-11-16-40-6)20-27(36-32(39)43-33(3,4)5)28(37)22-35-31(38)34-21-24-12-9-8-10-13-24;1-20(2)23(15-22-11-12-26(35-4)27(16-22)36-14-8-13-34-3)17-24(29)25(32)19-31-28(33)30-18-21-9-6-5-7-10-21;1-17(2)19(15-20(21(28)16-26)27-24(29)33-25(3,4)5)13-18-9-10-22(31-7)23(14-18)32-12-8-11-30-6;10-7-9-6-8-4-2-1-3-5-8;2-1-3/h8-10,12-15,19,23,26-28,37H,11,16-18,20-22H2,1-7H3,(H,36,39)(H2,34,35,38);5-7,9-12,16,20,23-25,32H,8,13-15,17-19,29H2,1-4H3,(H2,30,31,33);9-10,14,17,19-21,28H,8,11-13,15-16,26H2,1-7H3,(H,27,29);1-5H,6H2;1H2/t26-,27-,28-;23-,24-,25-;19-,20-,21-;;/m000../s1. The Labute approximate surface area is 753 Å². The molecule has 28 nitrogen and oxygen atoms in total. The molecule has 0 bridgehead atoms. The summed E-state index contributed by atoms with van der Waals surface area (Å²) in [4.78, 5) is 62.8. The number of aliphatic hydroxyl groups is 3. The molecule has 125 heavy (non-hydrogen) atoms. The molecule has 6 aromatic rings. The van der Waals surface area contributed by atoms with Gasteiger partial charge in [-0.1, -0.05) is 151 Å². The summed E-state index contributed by atoms with van der Waals surface area (Å²) in [6, 6.07) is 44.2. The molecule has 6 rings (SSSR count). The van der Waals surface area contributed by atoms with E-state index in [1.807, 2.05) is 146 Å². The lowest BCUT2D eigenvalue weighted by atomic mass is 9.83. The molecular formula is C95H147Cl2N9O19. The van der Waals surface area contributed by atoms with E-state index < -0.39 is 65.9 Å². The highest BCUT2D eigenvalue weighted by Crippen LogP contribution is 2.35. The Morgan fingerprint density at radius 3 is 1.06 bits per heavy atom. The minimum absolute atomic E-state index is 0.0477. The number of alkyl halides is 2. The Hall–Kier alpha value is -9.16. The van der Waals surface area contributed by atoms with Crippen molar-refractivity contribution in [2.45, 2.75) is 208 Å². The number of isocyanates is 1. The van der Waals surface area contributed by atoms with Crippen LogP contribution >= 0.6 is 23.2 Å². The molecule has 6 amide bonds. The van der Waals surface area contributed by atoms with Crippen LogP contribution < -0.4 is 71.8 Å². The van der Waals surface area contributed by atoms with Crippen LogP contribution in [0.4, 0.5) is 19.2 Å². The van der Waals surface area contributed by atoms with E-state index >= 15 is 0 Å². The highest BCUT2D eigenvalue weighted by atomic mass is 35.5. The summed E-state index contributed by atoms with van der Waals surface area (Å²) in [5.74, 6) is 5.50. The molecule has 6 aromatic carbocycles. The largest absolute Gasteiger partial charge is 0.493 e. The zero-order valence-electron chi connectivity index (χ0n) is 77.1. The van der Waals surface area contributed by atoms with Crippen molar-refractivity contribution in [3.8, 4) is 34.5 Å². The number of urea groups is 2. The van der Waals surface area contributed by atoms with Crippen LogP contribution in [0.5, 0.6) is 34.5 Å². The van der Waals surface area contributed by atoms with Crippen LogP contribution in [0.15, 0.2) is 151 Å². The first-order valence-corrected chi connectivity index (χ1v) is 43.8. The number of ether oxygens (including phenoxy) is 11. The van der Waals surface area contributed by atoms with Crippen molar-refractivity contribution in [2.75, 3.05) is 107 Å². The number of nitrogens with two attached hydrogens (primary N) is 2. The van der Waals surface area contributed by atoms with Crippen LogP contribution in [0.1, 0.15) is 155 Å². The number of aliphatic hydroxyl groups excluding tert-OH is 3. The first-order valence-electron chi connectivity index (χ1n) is 42.8. The number of halogens is 2. The molecule has 0 radical (unpaired) electrons. The molecule has 0 unspecified atom stereocenters. The summed E-state index contributed by atoms with van der Waals surface area (Å²) >= 11 is 9.53. The number of carbonyl (C=O) groups is 4. The monoisotopic (exact) mass is 1790 g/mol. The van der Waals surface area contributed by atoms with Gasteiger partial charge in [0.1, 0.15) is 11.2 Å². The molecule has 0 aliphatic carbocycles. The molecule has 0 spiro atoms. The number of rotatable bonds is 49. The van der Waals surface area contributed by atoms with Crippen molar-refractivity contribution in [1.29, 1.82) is 0 Å². The highest BCUT2D eigenvalue weighted by Gasteiger charge is 2.32. The van der Waals surface area contributed by atoms with E-state index in [-0.39, 0.29) is 54.7 Å². The van der Waals surface area contributed by atoms with Crippen molar-refractivity contribution < 1.29 is 91.4 Å². The number of alkyl carbamates (subject to hydrolysis) is 2. The summed E-state index contributed by atoms with van der Waals surface area (Å²) in [5, 5.41) is 49.1. The Bertz CT molecular complexity index is 3920. The maximum absolute atomic E-state index is 12.8. The third kappa shape index (κ3) is 50.7. The van der Waals surface area contributed by atoms with Gasteiger partial charge in [-0.25, -0.2) is 29.0 Å².